The molecule has 1 heterocycles. The SMILES string of the molecule is CC(C)(NCc1cn(CCO)nn1)C(N)=O. The summed E-state index contributed by atoms with van der Waals surface area (Å²) in [6, 6.07) is 0. The molecule has 1 amide bonds. The Labute approximate surface area is 93.6 Å². The van der Waals surface area contributed by atoms with Crippen LogP contribution < -0.4 is 11.1 Å². The van der Waals surface area contributed by atoms with E-state index in [2.05, 4.69) is 15.6 Å². The summed E-state index contributed by atoms with van der Waals surface area (Å²) >= 11 is 0. The van der Waals surface area contributed by atoms with Gasteiger partial charge in [0.15, 0.2) is 0 Å². The minimum atomic E-state index is -0.777. The molecule has 0 radical (unpaired) electrons. The lowest BCUT2D eigenvalue weighted by Gasteiger charge is -2.21. The maximum absolute atomic E-state index is 11.0. The predicted molar refractivity (Wildman–Crippen MR) is 57.2 cm³/mol. The molecule has 0 atom stereocenters. The Morgan fingerprint density at radius 2 is 2.38 bits per heavy atom. The number of amides is 1. The first-order valence-corrected chi connectivity index (χ1v) is 5.00. The van der Waals surface area contributed by atoms with E-state index >= 15 is 0 Å². The number of aromatic nitrogens is 3. The van der Waals surface area contributed by atoms with E-state index in [1.807, 2.05) is 0 Å². The number of hydrogen-bond acceptors (Lipinski definition) is 5. The van der Waals surface area contributed by atoms with E-state index < -0.39 is 11.4 Å². The van der Waals surface area contributed by atoms with Crippen molar-refractivity contribution in [3.05, 3.63) is 11.9 Å². The van der Waals surface area contributed by atoms with E-state index in [1.165, 1.54) is 4.68 Å². The monoisotopic (exact) mass is 227 g/mol. The fourth-order valence-electron chi connectivity index (χ4n) is 1.03. The summed E-state index contributed by atoms with van der Waals surface area (Å²) in [5.41, 5.74) is 5.13. The zero-order chi connectivity index (χ0) is 12.2. The van der Waals surface area contributed by atoms with Crippen LogP contribution in [-0.4, -0.2) is 38.2 Å². The number of nitrogens with one attached hydrogen (secondary N) is 1. The van der Waals surface area contributed by atoms with Crippen LogP contribution in [0.15, 0.2) is 6.20 Å². The van der Waals surface area contributed by atoms with E-state index in [0.29, 0.717) is 18.8 Å². The molecule has 7 heteroatoms. The molecule has 0 bridgehead atoms. The van der Waals surface area contributed by atoms with Gasteiger partial charge in [0, 0.05) is 12.7 Å². The van der Waals surface area contributed by atoms with Crippen molar-refractivity contribution in [2.45, 2.75) is 32.5 Å². The van der Waals surface area contributed by atoms with Crippen molar-refractivity contribution in [2.75, 3.05) is 6.61 Å². The summed E-state index contributed by atoms with van der Waals surface area (Å²) in [4.78, 5) is 11.0. The Morgan fingerprint density at radius 3 is 2.94 bits per heavy atom. The molecule has 90 valence electrons. The van der Waals surface area contributed by atoms with E-state index in [0.717, 1.165) is 0 Å². The van der Waals surface area contributed by atoms with E-state index in [-0.39, 0.29) is 6.61 Å². The standard InChI is InChI=1S/C9H17N5O2/c1-9(2,8(10)16)11-5-7-6-14(3-4-15)13-12-7/h6,11,15H,3-5H2,1-2H3,(H2,10,16). The van der Waals surface area contributed by atoms with Gasteiger partial charge in [0.2, 0.25) is 5.91 Å². The molecule has 1 aromatic rings. The summed E-state index contributed by atoms with van der Waals surface area (Å²) in [5.74, 6) is -0.421. The zero-order valence-electron chi connectivity index (χ0n) is 9.47. The largest absolute Gasteiger partial charge is 0.394 e. The number of aliphatic hydroxyl groups is 1. The number of nitrogens with zero attached hydrogens (tertiary/aromatic N) is 3. The van der Waals surface area contributed by atoms with Crippen molar-refractivity contribution in [2.24, 2.45) is 5.73 Å². The molecular formula is C9H17N5O2. The molecule has 0 aliphatic rings. The Morgan fingerprint density at radius 1 is 1.69 bits per heavy atom. The first-order valence-electron chi connectivity index (χ1n) is 5.00. The van der Waals surface area contributed by atoms with Gasteiger partial charge in [0.1, 0.15) is 0 Å². The lowest BCUT2D eigenvalue weighted by Crippen LogP contribution is -2.50. The summed E-state index contributed by atoms with van der Waals surface area (Å²) in [7, 11) is 0. The lowest BCUT2D eigenvalue weighted by molar-refractivity contribution is -0.123. The van der Waals surface area contributed by atoms with Gasteiger partial charge in [-0.2, -0.15) is 0 Å². The number of hydrogen-bond donors (Lipinski definition) is 3. The molecule has 0 spiro atoms. The molecule has 0 aromatic carbocycles. The van der Waals surface area contributed by atoms with Crippen LogP contribution in [0.25, 0.3) is 0 Å². The number of primary amides is 1. The van der Waals surface area contributed by atoms with Crippen molar-refractivity contribution in [3.8, 4) is 0 Å². The highest BCUT2D eigenvalue weighted by Gasteiger charge is 2.23. The molecule has 0 aliphatic heterocycles. The zero-order valence-corrected chi connectivity index (χ0v) is 9.47. The van der Waals surface area contributed by atoms with E-state index in [9.17, 15) is 4.79 Å². The predicted octanol–water partition coefficient (Wildman–Crippen LogP) is -1.38. The number of rotatable bonds is 6. The fraction of sp³-hybridized carbons (Fsp3) is 0.667. The number of carbonyl (C=O) groups excluding carboxylic acids is 1. The highest BCUT2D eigenvalue weighted by Crippen LogP contribution is 2.02. The van der Waals surface area contributed by atoms with Gasteiger partial charge < -0.3 is 10.8 Å². The highest BCUT2D eigenvalue weighted by molar-refractivity contribution is 5.83. The second-order valence-corrected chi connectivity index (χ2v) is 4.04. The summed E-state index contributed by atoms with van der Waals surface area (Å²) in [6.45, 7) is 4.23. The minimum absolute atomic E-state index is 0.0169. The van der Waals surface area contributed by atoms with Crippen LogP contribution in [0.3, 0.4) is 0 Å². The van der Waals surface area contributed by atoms with Crippen molar-refractivity contribution in [3.63, 3.8) is 0 Å². The molecule has 1 rings (SSSR count). The Kier molecular flexibility index (Phi) is 3.97. The summed E-state index contributed by atoms with van der Waals surface area (Å²) in [5, 5.41) is 19.4. The van der Waals surface area contributed by atoms with Gasteiger partial charge in [0.05, 0.1) is 24.4 Å². The third-order valence-electron chi connectivity index (χ3n) is 2.24. The van der Waals surface area contributed by atoms with Crippen LogP contribution in [0, 0.1) is 0 Å². The Bertz CT molecular complexity index is 361. The van der Waals surface area contributed by atoms with Gasteiger partial charge in [-0.3, -0.25) is 10.1 Å². The fourth-order valence-corrected chi connectivity index (χ4v) is 1.03. The summed E-state index contributed by atoms with van der Waals surface area (Å²) < 4.78 is 1.54. The van der Waals surface area contributed by atoms with Gasteiger partial charge in [-0.25, -0.2) is 4.68 Å². The van der Waals surface area contributed by atoms with Crippen LogP contribution in [0.1, 0.15) is 19.5 Å². The number of nitrogens with two attached hydrogens (primary N) is 1. The molecular weight excluding hydrogens is 210 g/mol. The van der Waals surface area contributed by atoms with Crippen LogP contribution in [0.4, 0.5) is 0 Å². The van der Waals surface area contributed by atoms with Gasteiger partial charge in [-0.05, 0) is 13.8 Å². The second-order valence-electron chi connectivity index (χ2n) is 4.04. The summed E-state index contributed by atoms with van der Waals surface area (Å²) in [6.07, 6.45) is 1.71. The highest BCUT2D eigenvalue weighted by atomic mass is 16.3. The van der Waals surface area contributed by atoms with Crippen LogP contribution in [0.2, 0.25) is 0 Å². The van der Waals surface area contributed by atoms with Crippen molar-refractivity contribution in [1.29, 1.82) is 0 Å². The Hall–Kier alpha value is -1.47. The molecule has 16 heavy (non-hydrogen) atoms. The molecule has 0 aliphatic carbocycles. The van der Waals surface area contributed by atoms with Crippen molar-refractivity contribution >= 4 is 5.91 Å². The third-order valence-corrected chi connectivity index (χ3v) is 2.24. The normalized spacial score (nSPS) is 11.7. The average molecular weight is 227 g/mol. The number of aliphatic hydroxyl groups excluding tert-OH is 1. The first kappa shape index (κ1) is 12.6. The lowest BCUT2D eigenvalue weighted by atomic mass is 10.1. The average Bonchev–Trinajstić information content (AvgIpc) is 2.63. The third kappa shape index (κ3) is 3.28. The van der Waals surface area contributed by atoms with Gasteiger partial charge >= 0.3 is 0 Å². The maximum atomic E-state index is 11.0. The van der Waals surface area contributed by atoms with Gasteiger partial charge in [-0.15, -0.1) is 5.10 Å². The molecule has 7 nitrogen and oxygen atoms in total. The molecule has 4 N–H and O–H groups in total. The van der Waals surface area contributed by atoms with Crippen LogP contribution in [0.5, 0.6) is 0 Å². The van der Waals surface area contributed by atoms with Crippen molar-refractivity contribution in [1.82, 2.24) is 20.3 Å². The molecule has 1 aromatic heterocycles. The van der Waals surface area contributed by atoms with E-state index in [4.69, 9.17) is 10.8 Å². The molecule has 0 saturated heterocycles. The first-order chi connectivity index (χ1) is 7.45. The van der Waals surface area contributed by atoms with Gasteiger partial charge in [0.25, 0.3) is 0 Å². The molecule has 0 unspecified atom stereocenters. The molecule has 0 fully saturated rings. The van der Waals surface area contributed by atoms with Gasteiger partial charge in [-0.1, -0.05) is 5.21 Å². The smallest absolute Gasteiger partial charge is 0.237 e. The van der Waals surface area contributed by atoms with Crippen molar-refractivity contribution < 1.29 is 9.90 Å². The molecule has 0 saturated carbocycles. The minimum Gasteiger partial charge on any atom is -0.394 e. The van der Waals surface area contributed by atoms with Crippen LogP contribution in [-0.2, 0) is 17.9 Å². The second kappa shape index (κ2) is 5.04. The maximum Gasteiger partial charge on any atom is 0.237 e. The van der Waals surface area contributed by atoms with Crippen LogP contribution >= 0.6 is 0 Å². The topological polar surface area (TPSA) is 106 Å². The number of carbonyl (C=O) groups is 1. The quantitative estimate of drug-likeness (QED) is 0.555. The Balaban J connectivity index is 2.51. The van der Waals surface area contributed by atoms with E-state index in [1.54, 1.807) is 20.0 Å².